The SMILES string of the molecule is CCOC(=O)C=C(CC(OCC)OCC)OCC. The van der Waals surface area contributed by atoms with Crippen LogP contribution in [-0.2, 0) is 23.7 Å². The minimum absolute atomic E-state index is 0.342. The van der Waals surface area contributed by atoms with Gasteiger partial charge in [0.1, 0.15) is 5.76 Å². The summed E-state index contributed by atoms with van der Waals surface area (Å²) < 4.78 is 21.0. The van der Waals surface area contributed by atoms with E-state index in [1.165, 1.54) is 6.08 Å². The van der Waals surface area contributed by atoms with Gasteiger partial charge in [-0.05, 0) is 27.7 Å². The summed E-state index contributed by atoms with van der Waals surface area (Å²) >= 11 is 0. The van der Waals surface area contributed by atoms with Crippen molar-refractivity contribution in [1.29, 1.82) is 0 Å². The molecule has 5 nitrogen and oxygen atoms in total. The molecule has 0 saturated carbocycles. The van der Waals surface area contributed by atoms with Gasteiger partial charge in [0.15, 0.2) is 6.29 Å². The van der Waals surface area contributed by atoms with Crippen molar-refractivity contribution in [2.75, 3.05) is 26.4 Å². The van der Waals surface area contributed by atoms with Crippen LogP contribution in [-0.4, -0.2) is 38.7 Å². The Bertz CT molecular complexity index is 244. The number of esters is 1. The molecule has 0 N–H and O–H groups in total. The van der Waals surface area contributed by atoms with E-state index in [4.69, 9.17) is 18.9 Å². The van der Waals surface area contributed by atoms with E-state index in [0.717, 1.165) is 0 Å². The molecule has 0 atom stereocenters. The second-order valence-corrected chi connectivity index (χ2v) is 3.34. The third-order valence-corrected chi connectivity index (χ3v) is 1.97. The van der Waals surface area contributed by atoms with Crippen molar-refractivity contribution < 1.29 is 23.7 Å². The summed E-state index contributed by atoms with van der Waals surface area (Å²) in [7, 11) is 0. The third-order valence-electron chi connectivity index (χ3n) is 1.97. The summed E-state index contributed by atoms with van der Waals surface area (Å²) in [5, 5.41) is 0. The van der Waals surface area contributed by atoms with Gasteiger partial charge in [0.05, 0.1) is 25.7 Å². The van der Waals surface area contributed by atoms with Crippen LogP contribution >= 0.6 is 0 Å². The van der Waals surface area contributed by atoms with Gasteiger partial charge in [-0.2, -0.15) is 0 Å². The van der Waals surface area contributed by atoms with Crippen LogP contribution < -0.4 is 0 Å². The molecule has 0 aromatic carbocycles. The number of ether oxygens (including phenoxy) is 4. The predicted molar refractivity (Wildman–Crippen MR) is 68.0 cm³/mol. The van der Waals surface area contributed by atoms with Crippen LogP contribution in [0.15, 0.2) is 11.8 Å². The van der Waals surface area contributed by atoms with Gasteiger partial charge >= 0.3 is 5.97 Å². The highest BCUT2D eigenvalue weighted by atomic mass is 16.7. The maximum atomic E-state index is 11.4. The molecule has 0 aliphatic rings. The van der Waals surface area contributed by atoms with Crippen molar-refractivity contribution >= 4 is 5.97 Å². The summed E-state index contributed by atoms with van der Waals surface area (Å²) in [5.74, 6) is 0.107. The van der Waals surface area contributed by atoms with E-state index in [-0.39, 0.29) is 0 Å². The quantitative estimate of drug-likeness (QED) is 0.261. The Labute approximate surface area is 109 Å². The first-order valence-electron chi connectivity index (χ1n) is 6.41. The summed E-state index contributed by atoms with van der Waals surface area (Å²) in [5.41, 5.74) is 0. The lowest BCUT2D eigenvalue weighted by atomic mass is 10.3. The monoisotopic (exact) mass is 260 g/mol. The van der Waals surface area contributed by atoms with Crippen LogP contribution in [0.4, 0.5) is 0 Å². The first kappa shape index (κ1) is 16.9. The Morgan fingerprint density at radius 1 is 0.944 bits per heavy atom. The molecule has 106 valence electrons. The van der Waals surface area contributed by atoms with Crippen LogP contribution in [0.3, 0.4) is 0 Å². The maximum Gasteiger partial charge on any atom is 0.334 e. The first-order chi connectivity index (χ1) is 8.67. The zero-order valence-corrected chi connectivity index (χ0v) is 11.7. The number of carbonyl (C=O) groups is 1. The largest absolute Gasteiger partial charge is 0.498 e. The molecule has 0 saturated heterocycles. The van der Waals surface area contributed by atoms with Crippen molar-refractivity contribution in [3.63, 3.8) is 0 Å². The highest BCUT2D eigenvalue weighted by molar-refractivity contribution is 5.82. The molecule has 0 amide bonds. The summed E-state index contributed by atoms with van der Waals surface area (Å²) in [4.78, 5) is 11.4. The van der Waals surface area contributed by atoms with E-state index in [1.807, 2.05) is 20.8 Å². The van der Waals surface area contributed by atoms with Gasteiger partial charge in [-0.3, -0.25) is 0 Å². The van der Waals surface area contributed by atoms with E-state index in [9.17, 15) is 4.79 Å². The average molecular weight is 260 g/mol. The minimum atomic E-state index is -0.410. The molecule has 0 unspecified atom stereocenters. The molecule has 0 aromatic rings. The fourth-order valence-corrected chi connectivity index (χ4v) is 1.36. The van der Waals surface area contributed by atoms with E-state index in [2.05, 4.69) is 0 Å². The second-order valence-electron chi connectivity index (χ2n) is 3.34. The predicted octanol–water partition coefficient (Wildman–Crippen LogP) is 2.26. The zero-order chi connectivity index (χ0) is 13.8. The lowest BCUT2D eigenvalue weighted by Gasteiger charge is -2.18. The fourth-order valence-electron chi connectivity index (χ4n) is 1.36. The average Bonchev–Trinajstić information content (AvgIpc) is 2.30. The number of carbonyl (C=O) groups excluding carboxylic acids is 1. The van der Waals surface area contributed by atoms with E-state index < -0.39 is 12.3 Å². The third kappa shape index (κ3) is 8.08. The smallest absolute Gasteiger partial charge is 0.334 e. The number of hydrogen-bond acceptors (Lipinski definition) is 5. The molecule has 0 aliphatic carbocycles. The molecule has 0 spiro atoms. The van der Waals surface area contributed by atoms with E-state index in [1.54, 1.807) is 6.92 Å². The second kappa shape index (κ2) is 11.0. The van der Waals surface area contributed by atoms with Gasteiger partial charge in [-0.1, -0.05) is 0 Å². The van der Waals surface area contributed by atoms with Crippen molar-refractivity contribution in [1.82, 2.24) is 0 Å². The molecular formula is C13H24O5. The first-order valence-corrected chi connectivity index (χ1v) is 6.41. The number of hydrogen-bond donors (Lipinski definition) is 0. The molecule has 0 bridgehead atoms. The molecule has 5 heteroatoms. The van der Waals surface area contributed by atoms with Gasteiger partial charge in [0.2, 0.25) is 0 Å². The topological polar surface area (TPSA) is 54.0 Å². The molecule has 18 heavy (non-hydrogen) atoms. The van der Waals surface area contributed by atoms with Crippen LogP contribution in [0.2, 0.25) is 0 Å². The molecule has 0 rings (SSSR count). The summed E-state index contributed by atoms with van der Waals surface area (Å²) in [6, 6.07) is 0. The fraction of sp³-hybridized carbons (Fsp3) is 0.769. The molecule has 0 fully saturated rings. The van der Waals surface area contributed by atoms with E-state index in [0.29, 0.717) is 38.6 Å². The molecule has 0 radical (unpaired) electrons. The molecular weight excluding hydrogens is 236 g/mol. The number of rotatable bonds is 10. The Balaban J connectivity index is 4.50. The van der Waals surface area contributed by atoms with Gasteiger partial charge in [0, 0.05) is 13.2 Å². The summed E-state index contributed by atoms with van der Waals surface area (Å²) in [6.45, 7) is 9.31. The molecule has 0 heterocycles. The van der Waals surface area contributed by atoms with Crippen molar-refractivity contribution in [2.45, 2.75) is 40.4 Å². The van der Waals surface area contributed by atoms with Crippen LogP contribution in [0.1, 0.15) is 34.1 Å². The Morgan fingerprint density at radius 2 is 1.50 bits per heavy atom. The van der Waals surface area contributed by atoms with Crippen LogP contribution in [0, 0.1) is 0 Å². The normalized spacial score (nSPS) is 11.7. The van der Waals surface area contributed by atoms with Gasteiger partial charge in [0.25, 0.3) is 0 Å². The standard InChI is InChI=1S/C13H24O5/c1-5-15-11(9-12(14)16-6-2)10-13(17-7-3)18-8-4/h9,13H,5-8,10H2,1-4H3. The van der Waals surface area contributed by atoms with Gasteiger partial charge < -0.3 is 18.9 Å². The van der Waals surface area contributed by atoms with E-state index >= 15 is 0 Å². The minimum Gasteiger partial charge on any atom is -0.498 e. The highest BCUT2D eigenvalue weighted by Crippen LogP contribution is 2.12. The lowest BCUT2D eigenvalue weighted by Crippen LogP contribution is -2.19. The Hall–Kier alpha value is -1.07. The van der Waals surface area contributed by atoms with Gasteiger partial charge in [-0.15, -0.1) is 0 Å². The lowest BCUT2D eigenvalue weighted by molar-refractivity contribution is -0.141. The Morgan fingerprint density at radius 3 is 1.94 bits per heavy atom. The zero-order valence-electron chi connectivity index (χ0n) is 11.7. The van der Waals surface area contributed by atoms with Crippen molar-refractivity contribution in [3.05, 3.63) is 11.8 Å². The van der Waals surface area contributed by atoms with Crippen LogP contribution in [0.25, 0.3) is 0 Å². The molecule has 0 aliphatic heterocycles. The Kier molecular flexibility index (Phi) is 10.4. The maximum absolute atomic E-state index is 11.4. The van der Waals surface area contributed by atoms with Crippen molar-refractivity contribution in [3.8, 4) is 0 Å². The molecule has 0 aromatic heterocycles. The van der Waals surface area contributed by atoms with Crippen molar-refractivity contribution in [2.24, 2.45) is 0 Å². The highest BCUT2D eigenvalue weighted by Gasteiger charge is 2.13. The van der Waals surface area contributed by atoms with Gasteiger partial charge in [-0.25, -0.2) is 4.79 Å². The van der Waals surface area contributed by atoms with Crippen LogP contribution in [0.5, 0.6) is 0 Å². The summed E-state index contributed by atoms with van der Waals surface area (Å²) in [6.07, 6.45) is 1.35.